The molecule has 0 aliphatic heterocycles. The SMILES string of the molecule is C=C.C=CC.S.S. The molecule has 0 aliphatic rings. The Balaban J connectivity index is -0.0000000105. The van der Waals surface area contributed by atoms with Crippen molar-refractivity contribution in [2.24, 2.45) is 0 Å². The van der Waals surface area contributed by atoms with Gasteiger partial charge in [-0.15, -0.1) is 19.7 Å². The molecule has 0 heterocycles. The number of hydrogen-bond donors (Lipinski definition) is 0. The summed E-state index contributed by atoms with van der Waals surface area (Å²) in [4.78, 5) is 0. The molecule has 7 heavy (non-hydrogen) atoms. The van der Waals surface area contributed by atoms with E-state index in [1.807, 2.05) is 6.92 Å². The second kappa shape index (κ2) is 119. The van der Waals surface area contributed by atoms with Crippen LogP contribution in [0.15, 0.2) is 25.8 Å². The lowest BCUT2D eigenvalue weighted by Gasteiger charge is -1.31. The van der Waals surface area contributed by atoms with Crippen molar-refractivity contribution in [2.75, 3.05) is 0 Å². The second-order valence-corrected chi connectivity index (χ2v) is 0.408. The summed E-state index contributed by atoms with van der Waals surface area (Å²) in [7, 11) is 0. The predicted molar refractivity (Wildman–Crippen MR) is 47.9 cm³/mol. The molecule has 0 atom stereocenters. The Morgan fingerprint density at radius 3 is 1.14 bits per heavy atom. The Bertz CT molecular complexity index is 20.0. The maximum Gasteiger partial charge on any atom is -0.0473 e. The fourth-order valence-electron chi connectivity index (χ4n) is 0. The van der Waals surface area contributed by atoms with Gasteiger partial charge in [0.2, 0.25) is 0 Å². The standard InChI is InChI=1S/C3H6.C2H4.2H2S/c1-3-2;1-2;;/h3H,1H2,2H3;1-2H2;2*1H2. The van der Waals surface area contributed by atoms with Gasteiger partial charge in [0.25, 0.3) is 0 Å². The third kappa shape index (κ3) is 3330. The molecule has 0 aromatic carbocycles. The van der Waals surface area contributed by atoms with Crippen LogP contribution in [0.3, 0.4) is 0 Å². The van der Waals surface area contributed by atoms with E-state index in [1.165, 1.54) is 0 Å². The van der Waals surface area contributed by atoms with E-state index in [0.717, 1.165) is 0 Å². The lowest BCUT2D eigenvalue weighted by Crippen LogP contribution is -1.07. The van der Waals surface area contributed by atoms with Gasteiger partial charge in [0, 0.05) is 0 Å². The molecule has 2 heteroatoms. The molecule has 0 aromatic rings. The average molecular weight is 138 g/mol. The Hall–Kier alpha value is 0.180. The van der Waals surface area contributed by atoms with Crippen LogP contribution in [0, 0.1) is 0 Å². The molecule has 0 radical (unpaired) electrons. The lowest BCUT2D eigenvalue weighted by atomic mass is 10.8. The maximum atomic E-state index is 3.36. The van der Waals surface area contributed by atoms with E-state index in [0.29, 0.717) is 0 Å². The van der Waals surface area contributed by atoms with E-state index in [1.54, 1.807) is 6.08 Å². The van der Waals surface area contributed by atoms with Crippen LogP contribution in [-0.2, 0) is 0 Å². The summed E-state index contributed by atoms with van der Waals surface area (Å²) in [5, 5.41) is 0. The summed E-state index contributed by atoms with van der Waals surface area (Å²) in [6.07, 6.45) is 1.75. The van der Waals surface area contributed by atoms with Crippen LogP contribution < -0.4 is 0 Å². The smallest absolute Gasteiger partial charge is 0.0473 e. The summed E-state index contributed by atoms with van der Waals surface area (Å²) >= 11 is 0. The zero-order chi connectivity index (χ0) is 4.71. The third-order valence-electron chi connectivity index (χ3n) is 0. The molecular formula is C5H14S2. The molecule has 0 rings (SSSR count). The molecule has 0 N–H and O–H groups in total. The predicted octanol–water partition coefficient (Wildman–Crippen LogP) is 2.22. The van der Waals surface area contributed by atoms with E-state index in [9.17, 15) is 0 Å². The monoisotopic (exact) mass is 138 g/mol. The minimum Gasteiger partial charge on any atom is -0.197 e. The van der Waals surface area contributed by atoms with Gasteiger partial charge in [-0.2, -0.15) is 27.0 Å². The molecule has 0 spiro atoms. The minimum absolute atomic E-state index is 0. The van der Waals surface area contributed by atoms with Crippen molar-refractivity contribution in [2.45, 2.75) is 6.92 Å². The van der Waals surface area contributed by atoms with E-state index in [-0.39, 0.29) is 27.0 Å². The van der Waals surface area contributed by atoms with Gasteiger partial charge >= 0.3 is 0 Å². The first-order chi connectivity index (χ1) is 2.41. The number of hydrogen-bond acceptors (Lipinski definition) is 0. The summed E-state index contributed by atoms with van der Waals surface area (Å²) < 4.78 is 0. The van der Waals surface area contributed by atoms with E-state index in [2.05, 4.69) is 19.7 Å². The van der Waals surface area contributed by atoms with Gasteiger partial charge in [-0.25, -0.2) is 0 Å². The first-order valence-corrected chi connectivity index (χ1v) is 1.49. The zero-order valence-electron chi connectivity index (χ0n) is 4.70. The quantitative estimate of drug-likeness (QED) is 0.450. The highest BCUT2D eigenvalue weighted by Gasteiger charge is 1.15. The topological polar surface area (TPSA) is 0 Å². The average Bonchev–Trinajstić information content (AvgIpc) is 1.46. The normalized spacial score (nSPS) is 2.43. The van der Waals surface area contributed by atoms with E-state index < -0.39 is 0 Å². The van der Waals surface area contributed by atoms with Crippen molar-refractivity contribution in [3.63, 3.8) is 0 Å². The Morgan fingerprint density at radius 2 is 1.14 bits per heavy atom. The molecule has 0 saturated carbocycles. The molecule has 0 fully saturated rings. The fraction of sp³-hybridized carbons (Fsp3) is 0.200. The van der Waals surface area contributed by atoms with Crippen molar-refractivity contribution >= 4 is 27.0 Å². The summed E-state index contributed by atoms with van der Waals surface area (Å²) in [5.74, 6) is 0. The highest BCUT2D eigenvalue weighted by Crippen LogP contribution is 1.38. The van der Waals surface area contributed by atoms with Gasteiger partial charge in [0.15, 0.2) is 0 Å². The Labute approximate surface area is 60.2 Å². The van der Waals surface area contributed by atoms with Crippen molar-refractivity contribution < 1.29 is 0 Å². The van der Waals surface area contributed by atoms with Gasteiger partial charge in [0.05, 0.1) is 0 Å². The van der Waals surface area contributed by atoms with Gasteiger partial charge in [-0.3, -0.25) is 0 Å². The molecule has 0 aromatic heterocycles. The van der Waals surface area contributed by atoms with Crippen LogP contribution >= 0.6 is 27.0 Å². The highest BCUT2D eigenvalue weighted by atomic mass is 32.1. The zero-order valence-corrected chi connectivity index (χ0v) is 6.70. The third-order valence-corrected chi connectivity index (χ3v) is 0. The molecule has 0 saturated heterocycles. The van der Waals surface area contributed by atoms with Gasteiger partial charge in [0.1, 0.15) is 0 Å². The molecule has 0 unspecified atom stereocenters. The lowest BCUT2D eigenvalue weighted by molar-refractivity contribution is 1.80. The van der Waals surface area contributed by atoms with Crippen LogP contribution in [-0.4, -0.2) is 0 Å². The van der Waals surface area contributed by atoms with Crippen LogP contribution in [0.2, 0.25) is 0 Å². The fourth-order valence-corrected chi connectivity index (χ4v) is 0. The molecular weight excluding hydrogens is 124 g/mol. The maximum absolute atomic E-state index is 3.36. The number of allylic oxidation sites excluding steroid dienone is 1. The molecule has 0 amide bonds. The highest BCUT2D eigenvalue weighted by molar-refractivity contribution is 7.59. The molecule has 46 valence electrons. The summed E-state index contributed by atoms with van der Waals surface area (Å²) in [5.41, 5.74) is 0. The van der Waals surface area contributed by atoms with Gasteiger partial charge < -0.3 is 0 Å². The van der Waals surface area contributed by atoms with E-state index in [4.69, 9.17) is 0 Å². The summed E-state index contributed by atoms with van der Waals surface area (Å²) in [6.45, 7) is 11.2. The van der Waals surface area contributed by atoms with Crippen LogP contribution in [0.5, 0.6) is 0 Å². The second-order valence-electron chi connectivity index (χ2n) is 0.408. The van der Waals surface area contributed by atoms with E-state index >= 15 is 0 Å². The van der Waals surface area contributed by atoms with Crippen LogP contribution in [0.4, 0.5) is 0 Å². The van der Waals surface area contributed by atoms with Crippen LogP contribution in [0.1, 0.15) is 6.92 Å². The number of rotatable bonds is 0. The first kappa shape index (κ1) is 27.1. The first-order valence-electron chi connectivity index (χ1n) is 1.49. The van der Waals surface area contributed by atoms with Crippen LogP contribution in [0.25, 0.3) is 0 Å². The summed E-state index contributed by atoms with van der Waals surface area (Å²) in [6, 6.07) is 0. The van der Waals surface area contributed by atoms with Gasteiger partial charge in [-0.1, -0.05) is 6.08 Å². The molecule has 0 nitrogen and oxygen atoms in total. The minimum atomic E-state index is 0. The largest absolute Gasteiger partial charge is 0.197 e. The molecule has 0 aliphatic carbocycles. The molecule has 0 bridgehead atoms. The Morgan fingerprint density at radius 1 is 1.14 bits per heavy atom. The van der Waals surface area contributed by atoms with Crippen molar-refractivity contribution in [1.82, 2.24) is 0 Å². The van der Waals surface area contributed by atoms with Crippen molar-refractivity contribution in [3.05, 3.63) is 25.8 Å². The van der Waals surface area contributed by atoms with Crippen molar-refractivity contribution in [1.29, 1.82) is 0 Å². The van der Waals surface area contributed by atoms with Crippen molar-refractivity contribution in [3.8, 4) is 0 Å². The van der Waals surface area contributed by atoms with Gasteiger partial charge in [-0.05, 0) is 6.92 Å². The Kier molecular flexibility index (Phi) is 461.